The Morgan fingerprint density at radius 1 is 0.411 bits per heavy atom. The Labute approximate surface area is 521 Å². The third kappa shape index (κ3) is 11.1. The Bertz CT molecular complexity index is 3870. The van der Waals surface area contributed by atoms with Crippen molar-refractivity contribution in [1.82, 2.24) is 9.80 Å². The van der Waals surface area contributed by atoms with Crippen molar-refractivity contribution in [3.05, 3.63) is 166 Å². The number of hydrogen-bond acceptors (Lipinski definition) is 14. The van der Waals surface area contributed by atoms with Crippen LogP contribution in [0.4, 0.5) is 0 Å². The molecule has 90 heavy (non-hydrogen) atoms. The number of nitrogens with zero attached hydrogens (tertiary/aromatic N) is 2. The van der Waals surface area contributed by atoms with E-state index in [2.05, 4.69) is 0 Å². The second kappa shape index (κ2) is 24.9. The lowest BCUT2D eigenvalue weighted by molar-refractivity contribution is -0.149. The van der Waals surface area contributed by atoms with E-state index in [1.807, 2.05) is 139 Å². The molecule has 4 amide bonds. The minimum absolute atomic E-state index is 0.0287. The highest BCUT2D eigenvalue weighted by Gasteiger charge is 2.47. The van der Waals surface area contributed by atoms with Crippen LogP contribution in [0.5, 0.6) is 46.0 Å². The van der Waals surface area contributed by atoms with Gasteiger partial charge in [-0.1, -0.05) is 103 Å². The molecule has 2 saturated heterocycles. The third-order valence-corrected chi connectivity index (χ3v) is 17.6. The van der Waals surface area contributed by atoms with Crippen LogP contribution >= 0.6 is 0 Å². The molecule has 0 bridgehead atoms. The fourth-order valence-corrected chi connectivity index (χ4v) is 12.8. The molecular weight excluding hydrogens is 1140 g/mol. The first-order valence-corrected chi connectivity index (χ1v) is 31.6. The third-order valence-electron chi connectivity index (χ3n) is 17.6. The van der Waals surface area contributed by atoms with Gasteiger partial charge in [-0.15, -0.1) is 0 Å². The molecule has 16 heteroatoms. The van der Waals surface area contributed by atoms with Gasteiger partial charge in [-0.25, -0.2) is 9.59 Å². The molecule has 4 aliphatic rings. The molecule has 0 N–H and O–H groups in total. The van der Waals surface area contributed by atoms with Crippen LogP contribution in [0.1, 0.15) is 144 Å². The second-order valence-corrected chi connectivity index (χ2v) is 23.5. The maximum Gasteiger partial charge on any atom is 0.329 e. The number of esters is 2. The summed E-state index contributed by atoms with van der Waals surface area (Å²) in [6.45, 7) is 13.1. The number of benzene rings is 9. The highest BCUT2D eigenvalue weighted by atomic mass is 16.6. The molecule has 0 saturated carbocycles. The van der Waals surface area contributed by atoms with Gasteiger partial charge in [-0.2, -0.15) is 0 Å². The highest BCUT2D eigenvalue weighted by Crippen LogP contribution is 2.58. The zero-order valence-electron chi connectivity index (χ0n) is 51.4. The zero-order chi connectivity index (χ0) is 62.5. The van der Waals surface area contributed by atoms with Crippen LogP contribution in [0.2, 0.25) is 0 Å². The van der Waals surface area contributed by atoms with E-state index in [-0.39, 0.29) is 94.3 Å². The molecule has 2 fully saturated rings. The maximum absolute atomic E-state index is 16.0. The molecule has 460 valence electrons. The van der Waals surface area contributed by atoms with Gasteiger partial charge in [0.2, 0.25) is 0 Å². The minimum Gasteiger partial charge on any atom is -0.464 e. The van der Waals surface area contributed by atoms with Crippen LogP contribution in [0.3, 0.4) is 0 Å². The van der Waals surface area contributed by atoms with E-state index in [4.69, 9.17) is 37.9 Å². The lowest BCUT2D eigenvalue weighted by atomic mass is 9.80. The number of epoxide rings is 2. The fourth-order valence-electron chi connectivity index (χ4n) is 12.8. The summed E-state index contributed by atoms with van der Waals surface area (Å²) in [5.41, 5.74) is 4.04. The van der Waals surface area contributed by atoms with Crippen molar-refractivity contribution in [3.8, 4) is 46.0 Å². The number of imide groups is 2. The van der Waals surface area contributed by atoms with Gasteiger partial charge in [-0.3, -0.25) is 29.0 Å². The lowest BCUT2D eigenvalue weighted by Crippen LogP contribution is -2.51. The Morgan fingerprint density at radius 3 is 0.933 bits per heavy atom. The van der Waals surface area contributed by atoms with E-state index in [0.717, 1.165) is 32.1 Å². The summed E-state index contributed by atoms with van der Waals surface area (Å²) in [4.78, 5) is 94.8. The van der Waals surface area contributed by atoms with Crippen LogP contribution in [0, 0.1) is 0 Å². The molecule has 9 aromatic carbocycles. The number of rotatable bonds is 26. The monoisotopic (exact) mass is 1210 g/mol. The first kappa shape index (κ1) is 59.6. The summed E-state index contributed by atoms with van der Waals surface area (Å²) < 4.78 is 51.4. The molecule has 0 aromatic heterocycles. The van der Waals surface area contributed by atoms with Crippen LogP contribution in [-0.2, 0) is 54.2 Å². The Kier molecular flexibility index (Phi) is 16.5. The van der Waals surface area contributed by atoms with Gasteiger partial charge in [0.05, 0.1) is 60.9 Å². The number of amides is 4. The molecule has 9 aromatic rings. The fraction of sp³-hybridized carbons (Fsp3) is 0.324. The van der Waals surface area contributed by atoms with E-state index < -0.39 is 47.7 Å². The predicted octanol–water partition coefficient (Wildman–Crippen LogP) is 15.3. The molecule has 0 aliphatic carbocycles. The molecule has 4 atom stereocenters. The Morgan fingerprint density at radius 2 is 0.689 bits per heavy atom. The largest absolute Gasteiger partial charge is 0.464 e. The summed E-state index contributed by atoms with van der Waals surface area (Å²) in [5.74, 6) is -2.26. The number of carbonyl (C=O) groups is 6. The van der Waals surface area contributed by atoms with Crippen molar-refractivity contribution in [2.24, 2.45) is 0 Å². The second-order valence-electron chi connectivity index (χ2n) is 23.5. The molecule has 4 aliphatic heterocycles. The van der Waals surface area contributed by atoms with E-state index in [0.29, 0.717) is 120 Å². The number of carbonyl (C=O) groups excluding carboxylic acids is 6. The number of fused-ring (bicyclic) bond motifs is 2. The van der Waals surface area contributed by atoms with Gasteiger partial charge in [0.1, 0.15) is 58.1 Å². The summed E-state index contributed by atoms with van der Waals surface area (Å²) >= 11 is 0. The van der Waals surface area contributed by atoms with Gasteiger partial charge >= 0.3 is 11.9 Å². The van der Waals surface area contributed by atoms with E-state index in [1.165, 1.54) is 0 Å². The van der Waals surface area contributed by atoms with Crippen LogP contribution in [0.15, 0.2) is 121 Å². The molecule has 16 nitrogen and oxygen atoms in total. The zero-order valence-corrected chi connectivity index (χ0v) is 51.4. The molecule has 0 radical (unpaired) electrons. The Balaban J connectivity index is 1.19. The van der Waals surface area contributed by atoms with Crippen LogP contribution < -0.4 is 18.9 Å². The van der Waals surface area contributed by atoms with Crippen molar-refractivity contribution in [2.75, 3.05) is 26.4 Å². The highest BCUT2D eigenvalue weighted by molar-refractivity contribution is 6.45. The van der Waals surface area contributed by atoms with Gasteiger partial charge in [0.15, 0.2) is 0 Å². The van der Waals surface area contributed by atoms with Crippen LogP contribution in [0.25, 0.3) is 43.1 Å². The average molecular weight is 1210 g/mol. The first-order chi connectivity index (χ1) is 43.8. The van der Waals surface area contributed by atoms with Gasteiger partial charge in [0.25, 0.3) is 23.6 Å². The standard InChI is InChI=1S/C74H70N2O14/c1-7-17-55(73(81)83-29-27-49-39-85-49)75-69(77)51-35-57(87-45-23-13-19-41(9-3)31-45)63-65-59(89-47-25-15-21-43(11-5)33-47)37-53-62-54(72(80)76(71(53)79)56(18-8-2)74(82)84-30-28-50-40-86-50)38-60(90-48-26-16-22-44(12-6)34-48)66(68(62)65)64-58(36-52(70(75)78)61(51)67(63)64)88-46-24-14-20-42(10-4)32-46/h13-16,19-26,31-38,49-50,55-56H,7-12,17-18,27-30,39-40H2,1-6H3. The maximum atomic E-state index is 16.0. The summed E-state index contributed by atoms with van der Waals surface area (Å²) in [7, 11) is 0. The SMILES string of the molecule is CCCC(C(=O)OCCC1CO1)N1C(=O)c2cc(Oc3cccc(CC)c3)c3c4c(Oc5cccc(CC)c5)cc5c6c(cc(Oc7cccc(CC)c7)c(c7c(Oc8cccc(CC)c8)cc(c2c37)C1=O)c64)C(=O)N(C(CCC)C(=O)OCCC1CO1)C5=O. The lowest BCUT2D eigenvalue weighted by Gasteiger charge is -2.35. The molecule has 13 rings (SSSR count). The molecule has 4 heterocycles. The predicted molar refractivity (Wildman–Crippen MR) is 340 cm³/mol. The smallest absolute Gasteiger partial charge is 0.329 e. The van der Waals surface area contributed by atoms with Gasteiger partial charge in [0, 0.05) is 55.9 Å². The first-order valence-electron chi connectivity index (χ1n) is 31.6. The number of hydrogen-bond donors (Lipinski definition) is 0. The average Bonchev–Trinajstić information content (AvgIpc) is 0.715. The van der Waals surface area contributed by atoms with Crippen molar-refractivity contribution >= 4 is 78.7 Å². The molecule has 4 unspecified atom stereocenters. The quantitative estimate of drug-likeness (QED) is 0.0164. The van der Waals surface area contributed by atoms with Crippen LogP contribution in [-0.4, -0.2) is 96.1 Å². The van der Waals surface area contributed by atoms with Crippen molar-refractivity contribution in [2.45, 2.75) is 130 Å². The van der Waals surface area contributed by atoms with Crippen molar-refractivity contribution in [3.63, 3.8) is 0 Å². The normalized spacial score (nSPS) is 16.5. The summed E-state index contributed by atoms with van der Waals surface area (Å²) in [6, 6.07) is 34.1. The van der Waals surface area contributed by atoms with Crippen molar-refractivity contribution < 1.29 is 66.7 Å². The van der Waals surface area contributed by atoms with Gasteiger partial charge in [-0.05, 0) is 134 Å². The minimum atomic E-state index is -1.32. The molecule has 0 spiro atoms. The summed E-state index contributed by atoms with van der Waals surface area (Å²) in [5, 5.41) is 2.49. The Hall–Kier alpha value is -9.38. The van der Waals surface area contributed by atoms with Gasteiger partial charge < -0.3 is 37.9 Å². The van der Waals surface area contributed by atoms with E-state index >= 15 is 19.2 Å². The topological polar surface area (TPSA) is 189 Å². The van der Waals surface area contributed by atoms with Crippen molar-refractivity contribution in [1.29, 1.82) is 0 Å². The van der Waals surface area contributed by atoms with E-state index in [1.54, 1.807) is 24.3 Å². The molecular formula is C74H70N2O14. The summed E-state index contributed by atoms with van der Waals surface area (Å²) in [6.07, 6.45) is 4.61. The van der Waals surface area contributed by atoms with E-state index in [9.17, 15) is 9.59 Å². The number of ether oxygens (including phenoxy) is 8. The number of aryl methyl sites for hydroxylation is 4.